The van der Waals surface area contributed by atoms with E-state index in [0.29, 0.717) is 12.8 Å². The van der Waals surface area contributed by atoms with E-state index in [1.165, 1.54) is 0 Å². The van der Waals surface area contributed by atoms with Crippen molar-refractivity contribution in [1.82, 2.24) is 4.90 Å². The van der Waals surface area contributed by atoms with Crippen LogP contribution in [0.25, 0.3) is 0 Å². The molecule has 1 N–H and O–H groups in total. The maximum absolute atomic E-state index is 12.8. The van der Waals surface area contributed by atoms with Gasteiger partial charge in [0.25, 0.3) is 0 Å². The normalized spacial score (nSPS) is 28.6. The zero-order chi connectivity index (χ0) is 14.9. The summed E-state index contributed by atoms with van der Waals surface area (Å²) >= 11 is 1.72. The van der Waals surface area contributed by atoms with E-state index in [2.05, 4.69) is 0 Å². The Labute approximate surface area is 118 Å². The summed E-state index contributed by atoms with van der Waals surface area (Å²) in [6, 6.07) is 0. The molecule has 2 atom stereocenters. The number of amides is 1. The summed E-state index contributed by atoms with van der Waals surface area (Å²) in [6.07, 6.45) is -3.26. The zero-order valence-electron chi connectivity index (χ0n) is 10.7. The molecule has 0 aromatic rings. The third kappa shape index (κ3) is 3.21. The van der Waals surface area contributed by atoms with Gasteiger partial charge < -0.3 is 10.0 Å². The van der Waals surface area contributed by atoms with Crippen molar-refractivity contribution in [3.05, 3.63) is 0 Å². The molecule has 0 bridgehead atoms. The molecular formula is C12H16F3NO3S. The van der Waals surface area contributed by atoms with E-state index in [9.17, 15) is 22.8 Å². The van der Waals surface area contributed by atoms with Crippen LogP contribution in [0.3, 0.4) is 0 Å². The van der Waals surface area contributed by atoms with Crippen LogP contribution in [0.2, 0.25) is 0 Å². The Morgan fingerprint density at radius 3 is 2.20 bits per heavy atom. The molecule has 114 valence electrons. The first-order valence-electron chi connectivity index (χ1n) is 6.46. The van der Waals surface area contributed by atoms with Crippen LogP contribution in [-0.4, -0.2) is 52.7 Å². The van der Waals surface area contributed by atoms with E-state index < -0.39 is 30.5 Å². The number of nitrogens with zero attached hydrogens (tertiary/aromatic N) is 1. The molecule has 0 aromatic heterocycles. The fourth-order valence-electron chi connectivity index (χ4n) is 2.77. The minimum absolute atomic E-state index is 0.252. The highest BCUT2D eigenvalue weighted by molar-refractivity contribution is 7.99. The van der Waals surface area contributed by atoms with Crippen molar-refractivity contribution < 1.29 is 27.9 Å². The predicted octanol–water partition coefficient (Wildman–Crippen LogP) is 1.85. The van der Waals surface area contributed by atoms with Gasteiger partial charge in [-0.25, -0.2) is 0 Å². The third-order valence-electron chi connectivity index (χ3n) is 3.94. The molecule has 2 rings (SSSR count). The molecule has 4 nitrogen and oxygen atoms in total. The molecule has 2 aliphatic heterocycles. The number of rotatable bonds is 2. The van der Waals surface area contributed by atoms with Gasteiger partial charge in [-0.3, -0.25) is 9.59 Å². The maximum Gasteiger partial charge on any atom is 0.394 e. The van der Waals surface area contributed by atoms with Gasteiger partial charge in [0.15, 0.2) is 0 Å². The summed E-state index contributed by atoms with van der Waals surface area (Å²) in [7, 11) is 0. The van der Waals surface area contributed by atoms with Crippen LogP contribution in [0.5, 0.6) is 0 Å². The summed E-state index contributed by atoms with van der Waals surface area (Å²) < 4.78 is 38.5. The van der Waals surface area contributed by atoms with Gasteiger partial charge >= 0.3 is 12.1 Å². The number of carbonyl (C=O) groups is 2. The highest BCUT2D eigenvalue weighted by atomic mass is 32.2. The molecule has 2 saturated heterocycles. The monoisotopic (exact) mass is 311 g/mol. The number of aliphatic carboxylic acids is 1. The number of thioether (sulfide) groups is 1. The average Bonchev–Trinajstić information content (AvgIpc) is 2.84. The lowest BCUT2D eigenvalue weighted by molar-refractivity contribution is -0.188. The fourth-order valence-corrected chi connectivity index (χ4v) is 3.87. The van der Waals surface area contributed by atoms with Gasteiger partial charge in [0, 0.05) is 19.0 Å². The van der Waals surface area contributed by atoms with E-state index in [1.54, 1.807) is 11.8 Å². The lowest BCUT2D eigenvalue weighted by Crippen LogP contribution is -2.37. The number of hydrogen-bond donors (Lipinski definition) is 1. The number of carbonyl (C=O) groups excluding carboxylic acids is 1. The summed E-state index contributed by atoms with van der Waals surface area (Å²) in [4.78, 5) is 24.3. The van der Waals surface area contributed by atoms with Gasteiger partial charge in [-0.1, -0.05) is 0 Å². The van der Waals surface area contributed by atoms with Gasteiger partial charge in [-0.15, -0.1) is 0 Å². The number of likely N-dealkylation sites (tertiary alicyclic amines) is 1. The molecule has 0 saturated carbocycles. The van der Waals surface area contributed by atoms with Crippen LogP contribution in [0.15, 0.2) is 0 Å². The number of carboxylic acid groups (broad SMARTS) is 1. The van der Waals surface area contributed by atoms with Crippen molar-refractivity contribution in [2.45, 2.75) is 19.0 Å². The molecule has 20 heavy (non-hydrogen) atoms. The van der Waals surface area contributed by atoms with Crippen LogP contribution in [0, 0.1) is 17.8 Å². The van der Waals surface area contributed by atoms with Crippen LogP contribution >= 0.6 is 11.8 Å². The summed E-state index contributed by atoms with van der Waals surface area (Å²) in [5.41, 5.74) is 0. The summed E-state index contributed by atoms with van der Waals surface area (Å²) in [6.45, 7) is -0.856. The first kappa shape index (κ1) is 15.5. The van der Waals surface area contributed by atoms with E-state index in [4.69, 9.17) is 5.11 Å². The second-order valence-electron chi connectivity index (χ2n) is 5.22. The minimum atomic E-state index is -4.58. The largest absolute Gasteiger partial charge is 0.481 e. The third-order valence-corrected chi connectivity index (χ3v) is 4.99. The summed E-state index contributed by atoms with van der Waals surface area (Å²) in [5.74, 6) is -3.90. The Balaban J connectivity index is 2.07. The highest BCUT2D eigenvalue weighted by Gasteiger charge is 2.53. The van der Waals surface area contributed by atoms with Gasteiger partial charge in [0.1, 0.15) is 0 Å². The first-order valence-corrected chi connectivity index (χ1v) is 7.62. The Kier molecular flexibility index (Phi) is 4.51. The second kappa shape index (κ2) is 5.83. The Hall–Kier alpha value is -0.920. The molecule has 2 heterocycles. The van der Waals surface area contributed by atoms with Crippen LogP contribution in [-0.2, 0) is 9.59 Å². The molecule has 2 fully saturated rings. The van der Waals surface area contributed by atoms with E-state index >= 15 is 0 Å². The molecule has 8 heteroatoms. The maximum atomic E-state index is 12.8. The molecule has 0 spiro atoms. The van der Waals surface area contributed by atoms with E-state index in [-0.39, 0.29) is 18.4 Å². The quantitative estimate of drug-likeness (QED) is 0.845. The molecule has 0 radical (unpaired) electrons. The topological polar surface area (TPSA) is 57.6 Å². The van der Waals surface area contributed by atoms with Crippen molar-refractivity contribution in [2.24, 2.45) is 17.8 Å². The van der Waals surface area contributed by atoms with Crippen molar-refractivity contribution in [3.63, 3.8) is 0 Å². The van der Waals surface area contributed by atoms with Crippen LogP contribution < -0.4 is 0 Å². The molecular weight excluding hydrogens is 295 g/mol. The SMILES string of the molecule is O=C(O)[C@@H]1CN(C(=O)C2CCSCC2)C[C@H]1C(F)(F)F. The van der Waals surface area contributed by atoms with Crippen LogP contribution in [0.1, 0.15) is 12.8 Å². The highest BCUT2D eigenvalue weighted by Crippen LogP contribution is 2.38. The predicted molar refractivity (Wildman–Crippen MR) is 67.3 cm³/mol. The Bertz CT molecular complexity index is 396. The molecule has 2 aliphatic rings. The standard InChI is InChI=1S/C12H16F3NO3S/c13-12(14,15)9-6-16(5-8(9)11(18)19)10(17)7-1-3-20-4-2-7/h7-9H,1-6H2,(H,18,19)/t8-,9-/m1/s1. The van der Waals surface area contributed by atoms with Crippen molar-refractivity contribution in [2.75, 3.05) is 24.6 Å². The average molecular weight is 311 g/mol. The molecule has 0 aromatic carbocycles. The first-order chi connectivity index (χ1) is 9.30. The molecule has 0 aliphatic carbocycles. The zero-order valence-corrected chi connectivity index (χ0v) is 11.5. The number of carboxylic acids is 1. The van der Waals surface area contributed by atoms with E-state index in [0.717, 1.165) is 16.4 Å². The van der Waals surface area contributed by atoms with Gasteiger partial charge in [0.05, 0.1) is 11.8 Å². The lowest BCUT2D eigenvalue weighted by atomic mass is 9.96. The van der Waals surface area contributed by atoms with Crippen molar-refractivity contribution >= 4 is 23.6 Å². The second-order valence-corrected chi connectivity index (χ2v) is 6.45. The number of halogens is 3. The van der Waals surface area contributed by atoms with Gasteiger partial charge in [0.2, 0.25) is 5.91 Å². The van der Waals surface area contributed by atoms with E-state index in [1.807, 2.05) is 0 Å². The smallest absolute Gasteiger partial charge is 0.394 e. The molecule has 0 unspecified atom stereocenters. The number of hydrogen-bond acceptors (Lipinski definition) is 3. The fraction of sp³-hybridized carbons (Fsp3) is 0.833. The van der Waals surface area contributed by atoms with Gasteiger partial charge in [-0.05, 0) is 24.3 Å². The van der Waals surface area contributed by atoms with Gasteiger partial charge in [-0.2, -0.15) is 24.9 Å². The Morgan fingerprint density at radius 2 is 1.75 bits per heavy atom. The van der Waals surface area contributed by atoms with Crippen molar-refractivity contribution in [3.8, 4) is 0 Å². The van der Waals surface area contributed by atoms with Crippen molar-refractivity contribution in [1.29, 1.82) is 0 Å². The Morgan fingerprint density at radius 1 is 1.15 bits per heavy atom. The molecule has 1 amide bonds. The summed E-state index contributed by atoms with van der Waals surface area (Å²) in [5, 5.41) is 8.92. The lowest BCUT2D eigenvalue weighted by Gasteiger charge is -2.26. The minimum Gasteiger partial charge on any atom is -0.481 e. The van der Waals surface area contributed by atoms with Crippen LogP contribution in [0.4, 0.5) is 13.2 Å². The number of alkyl halides is 3.